The zero-order chi connectivity index (χ0) is 14.3. The highest BCUT2D eigenvalue weighted by atomic mass is 35.5. The molecule has 3 atom stereocenters. The summed E-state index contributed by atoms with van der Waals surface area (Å²) in [7, 11) is 0. The molecule has 0 aromatic rings. The van der Waals surface area contributed by atoms with E-state index >= 15 is 0 Å². The van der Waals surface area contributed by atoms with E-state index < -0.39 is 5.54 Å². The zero-order valence-electron chi connectivity index (χ0n) is 13.1. The molecule has 1 rings (SSSR count). The molecule has 1 aliphatic carbocycles. The molecule has 0 aromatic heterocycles. The number of rotatable bonds is 7. The maximum Gasteiger partial charge on any atom is 0.239 e. The van der Waals surface area contributed by atoms with Gasteiger partial charge in [-0.25, -0.2) is 0 Å². The van der Waals surface area contributed by atoms with Gasteiger partial charge in [0, 0.05) is 6.54 Å². The Kier molecular flexibility index (Phi) is 9.43. The van der Waals surface area contributed by atoms with E-state index in [1.54, 1.807) is 6.92 Å². The first-order valence-electron chi connectivity index (χ1n) is 7.66. The SMILES string of the molecule is CCCC(C)(N)C(=O)NCCOC1CCCCC1C.Cl. The molecule has 1 aliphatic rings. The third kappa shape index (κ3) is 6.42. The van der Waals surface area contributed by atoms with Gasteiger partial charge in [-0.05, 0) is 32.1 Å². The van der Waals surface area contributed by atoms with Crippen molar-refractivity contribution in [3.63, 3.8) is 0 Å². The number of hydrogen-bond donors (Lipinski definition) is 2. The summed E-state index contributed by atoms with van der Waals surface area (Å²) in [5.41, 5.74) is 5.21. The molecule has 20 heavy (non-hydrogen) atoms. The Labute approximate surface area is 129 Å². The first kappa shape index (κ1) is 19.7. The normalized spacial score (nSPS) is 25.4. The van der Waals surface area contributed by atoms with Gasteiger partial charge in [0.2, 0.25) is 5.91 Å². The second-order valence-electron chi connectivity index (χ2n) is 6.09. The molecule has 1 fully saturated rings. The molecule has 120 valence electrons. The van der Waals surface area contributed by atoms with Crippen molar-refractivity contribution in [3.05, 3.63) is 0 Å². The number of amides is 1. The minimum absolute atomic E-state index is 0. The number of halogens is 1. The van der Waals surface area contributed by atoms with Gasteiger partial charge in [0.15, 0.2) is 0 Å². The van der Waals surface area contributed by atoms with Gasteiger partial charge in [-0.3, -0.25) is 4.79 Å². The lowest BCUT2D eigenvalue weighted by molar-refractivity contribution is -0.126. The highest BCUT2D eigenvalue weighted by Gasteiger charge is 2.27. The highest BCUT2D eigenvalue weighted by molar-refractivity contribution is 5.85. The van der Waals surface area contributed by atoms with Gasteiger partial charge >= 0.3 is 0 Å². The third-order valence-electron chi connectivity index (χ3n) is 4.04. The molecule has 4 nitrogen and oxygen atoms in total. The fourth-order valence-corrected chi connectivity index (χ4v) is 2.74. The Balaban J connectivity index is 0.00000361. The highest BCUT2D eigenvalue weighted by Crippen LogP contribution is 2.25. The molecule has 0 aromatic carbocycles. The topological polar surface area (TPSA) is 64.4 Å². The lowest BCUT2D eigenvalue weighted by Gasteiger charge is -2.29. The van der Waals surface area contributed by atoms with Crippen LogP contribution in [0.4, 0.5) is 0 Å². The van der Waals surface area contributed by atoms with Gasteiger partial charge in [0.05, 0.1) is 18.2 Å². The number of carbonyl (C=O) groups excluding carboxylic acids is 1. The van der Waals surface area contributed by atoms with E-state index in [1.165, 1.54) is 19.3 Å². The Morgan fingerprint density at radius 1 is 1.40 bits per heavy atom. The quantitative estimate of drug-likeness (QED) is 0.711. The Bertz CT molecular complexity index is 285. The number of carbonyl (C=O) groups is 1. The van der Waals surface area contributed by atoms with E-state index in [9.17, 15) is 4.79 Å². The van der Waals surface area contributed by atoms with E-state index in [2.05, 4.69) is 12.2 Å². The summed E-state index contributed by atoms with van der Waals surface area (Å²) in [6.07, 6.45) is 6.98. The first-order valence-corrected chi connectivity index (χ1v) is 7.66. The predicted molar refractivity (Wildman–Crippen MR) is 85.1 cm³/mol. The molecule has 0 heterocycles. The van der Waals surface area contributed by atoms with Gasteiger partial charge in [0.25, 0.3) is 0 Å². The van der Waals surface area contributed by atoms with Crippen molar-refractivity contribution in [2.75, 3.05) is 13.2 Å². The molecule has 0 radical (unpaired) electrons. The average Bonchev–Trinajstić information content (AvgIpc) is 2.36. The first-order chi connectivity index (χ1) is 8.97. The maximum absolute atomic E-state index is 11.9. The monoisotopic (exact) mass is 306 g/mol. The van der Waals surface area contributed by atoms with Gasteiger partial charge < -0.3 is 15.8 Å². The van der Waals surface area contributed by atoms with Crippen molar-refractivity contribution >= 4 is 18.3 Å². The average molecular weight is 307 g/mol. The molecule has 0 saturated heterocycles. The van der Waals surface area contributed by atoms with Crippen molar-refractivity contribution in [3.8, 4) is 0 Å². The molecule has 3 unspecified atom stereocenters. The van der Waals surface area contributed by atoms with Crippen LogP contribution in [0.25, 0.3) is 0 Å². The predicted octanol–water partition coefficient (Wildman–Crippen LogP) is 2.64. The van der Waals surface area contributed by atoms with Crippen LogP contribution in [0.15, 0.2) is 0 Å². The fourth-order valence-electron chi connectivity index (χ4n) is 2.74. The Morgan fingerprint density at radius 3 is 2.65 bits per heavy atom. The minimum atomic E-state index is -0.757. The van der Waals surface area contributed by atoms with E-state index in [4.69, 9.17) is 10.5 Å². The van der Waals surface area contributed by atoms with Crippen LogP contribution in [-0.2, 0) is 9.53 Å². The van der Waals surface area contributed by atoms with Crippen LogP contribution >= 0.6 is 12.4 Å². The van der Waals surface area contributed by atoms with Crippen molar-refractivity contribution in [1.82, 2.24) is 5.32 Å². The Hall–Kier alpha value is -0.320. The third-order valence-corrected chi connectivity index (χ3v) is 4.04. The fraction of sp³-hybridized carbons (Fsp3) is 0.933. The summed E-state index contributed by atoms with van der Waals surface area (Å²) in [5, 5.41) is 2.87. The summed E-state index contributed by atoms with van der Waals surface area (Å²) in [4.78, 5) is 11.9. The summed E-state index contributed by atoms with van der Waals surface area (Å²) < 4.78 is 5.86. The van der Waals surface area contributed by atoms with E-state index in [0.29, 0.717) is 31.6 Å². The largest absolute Gasteiger partial charge is 0.376 e. The van der Waals surface area contributed by atoms with Gasteiger partial charge in [-0.2, -0.15) is 0 Å². The van der Waals surface area contributed by atoms with Crippen LogP contribution in [0.1, 0.15) is 59.3 Å². The standard InChI is InChI=1S/C15H30N2O2.ClH/c1-4-9-15(3,16)14(18)17-10-11-19-13-8-6-5-7-12(13)2;/h12-13H,4-11,16H2,1-3H3,(H,17,18);1H. The second-order valence-corrected chi connectivity index (χ2v) is 6.09. The Morgan fingerprint density at radius 2 is 2.05 bits per heavy atom. The van der Waals surface area contributed by atoms with Gasteiger partial charge in [0.1, 0.15) is 0 Å². The minimum Gasteiger partial charge on any atom is -0.376 e. The number of nitrogens with two attached hydrogens (primary N) is 1. The summed E-state index contributed by atoms with van der Waals surface area (Å²) in [5.74, 6) is 0.568. The van der Waals surface area contributed by atoms with Crippen LogP contribution in [-0.4, -0.2) is 30.7 Å². The molecule has 1 saturated carbocycles. The molecule has 1 amide bonds. The van der Waals surface area contributed by atoms with Crippen molar-refractivity contribution in [2.45, 2.75) is 70.9 Å². The number of nitrogens with one attached hydrogen (secondary N) is 1. The lowest BCUT2D eigenvalue weighted by Crippen LogP contribution is -2.52. The molecule has 0 spiro atoms. The van der Waals surface area contributed by atoms with Crippen molar-refractivity contribution < 1.29 is 9.53 Å². The van der Waals surface area contributed by atoms with Gasteiger partial charge in [-0.1, -0.05) is 33.1 Å². The molecular weight excluding hydrogens is 276 g/mol. The maximum atomic E-state index is 11.9. The molecule has 0 bridgehead atoms. The van der Waals surface area contributed by atoms with Gasteiger partial charge in [-0.15, -0.1) is 12.4 Å². The van der Waals surface area contributed by atoms with Crippen LogP contribution in [0.5, 0.6) is 0 Å². The van der Waals surface area contributed by atoms with Crippen LogP contribution in [0, 0.1) is 5.92 Å². The van der Waals surface area contributed by atoms with Crippen molar-refractivity contribution in [1.29, 1.82) is 0 Å². The van der Waals surface area contributed by atoms with E-state index in [1.807, 2.05) is 6.92 Å². The van der Waals surface area contributed by atoms with Crippen LogP contribution in [0.2, 0.25) is 0 Å². The lowest BCUT2D eigenvalue weighted by atomic mass is 9.88. The zero-order valence-corrected chi connectivity index (χ0v) is 13.9. The molecule has 0 aliphatic heterocycles. The second kappa shape index (κ2) is 9.59. The van der Waals surface area contributed by atoms with E-state index in [0.717, 1.165) is 12.8 Å². The summed E-state index contributed by atoms with van der Waals surface area (Å²) in [6, 6.07) is 0. The molecular formula is C15H31ClN2O2. The van der Waals surface area contributed by atoms with Crippen LogP contribution in [0.3, 0.4) is 0 Å². The number of hydrogen-bond acceptors (Lipinski definition) is 3. The molecule has 3 N–H and O–H groups in total. The van der Waals surface area contributed by atoms with Crippen LogP contribution < -0.4 is 11.1 Å². The smallest absolute Gasteiger partial charge is 0.239 e. The van der Waals surface area contributed by atoms with Crippen molar-refractivity contribution in [2.24, 2.45) is 11.7 Å². The summed E-state index contributed by atoms with van der Waals surface area (Å²) in [6.45, 7) is 7.21. The summed E-state index contributed by atoms with van der Waals surface area (Å²) >= 11 is 0. The van der Waals surface area contributed by atoms with E-state index in [-0.39, 0.29) is 18.3 Å². The number of ether oxygens (including phenoxy) is 1. The molecule has 5 heteroatoms.